The van der Waals surface area contributed by atoms with Crippen molar-refractivity contribution in [1.29, 1.82) is 0 Å². The molecule has 2 aliphatic rings. The first-order valence-corrected chi connectivity index (χ1v) is 9.50. The van der Waals surface area contributed by atoms with Gasteiger partial charge in [-0.1, -0.05) is 6.07 Å². The van der Waals surface area contributed by atoms with Crippen molar-refractivity contribution in [3.8, 4) is 11.5 Å². The molecule has 0 aliphatic carbocycles. The fourth-order valence-electron chi connectivity index (χ4n) is 3.10. The van der Waals surface area contributed by atoms with E-state index in [0.29, 0.717) is 36.9 Å². The van der Waals surface area contributed by atoms with Crippen LogP contribution in [0, 0.1) is 0 Å². The second-order valence-corrected chi connectivity index (χ2v) is 6.64. The smallest absolute Gasteiger partial charge is 0.319 e. The van der Waals surface area contributed by atoms with Gasteiger partial charge in [-0.25, -0.2) is 9.78 Å². The van der Waals surface area contributed by atoms with Crippen LogP contribution >= 0.6 is 0 Å². The zero-order valence-corrected chi connectivity index (χ0v) is 15.6. The summed E-state index contributed by atoms with van der Waals surface area (Å²) in [7, 11) is 0. The highest BCUT2D eigenvalue weighted by molar-refractivity contribution is 5.89. The molecular weight excluding hydrogens is 360 g/mol. The number of ether oxygens (including phenoxy) is 3. The molecule has 0 spiro atoms. The van der Waals surface area contributed by atoms with Crippen LogP contribution in [-0.2, 0) is 11.3 Å². The van der Waals surface area contributed by atoms with E-state index in [1.165, 1.54) is 0 Å². The summed E-state index contributed by atoms with van der Waals surface area (Å²) in [5.41, 5.74) is 1.59. The van der Waals surface area contributed by atoms with E-state index in [1.807, 2.05) is 18.2 Å². The first-order valence-electron chi connectivity index (χ1n) is 9.50. The number of benzene rings is 1. The maximum absolute atomic E-state index is 12.2. The largest absolute Gasteiger partial charge is 0.490 e. The number of carbonyl (C=O) groups excluding carboxylic acids is 1. The number of amides is 2. The van der Waals surface area contributed by atoms with E-state index in [2.05, 4.69) is 20.5 Å². The van der Waals surface area contributed by atoms with Crippen LogP contribution in [0.2, 0.25) is 0 Å². The van der Waals surface area contributed by atoms with Gasteiger partial charge in [-0.3, -0.25) is 0 Å². The van der Waals surface area contributed by atoms with Gasteiger partial charge in [-0.15, -0.1) is 0 Å². The Labute approximate surface area is 163 Å². The second-order valence-electron chi connectivity index (χ2n) is 6.64. The summed E-state index contributed by atoms with van der Waals surface area (Å²) in [5.74, 6) is 2.29. The molecule has 0 unspecified atom stereocenters. The molecule has 2 N–H and O–H groups in total. The molecule has 8 nitrogen and oxygen atoms in total. The molecule has 1 aromatic heterocycles. The molecule has 2 amide bonds. The Morgan fingerprint density at radius 3 is 2.64 bits per heavy atom. The Kier molecular flexibility index (Phi) is 5.77. The van der Waals surface area contributed by atoms with Gasteiger partial charge < -0.3 is 29.7 Å². The molecule has 0 bridgehead atoms. The van der Waals surface area contributed by atoms with E-state index < -0.39 is 0 Å². The van der Waals surface area contributed by atoms with Gasteiger partial charge >= 0.3 is 6.03 Å². The van der Waals surface area contributed by atoms with Gasteiger partial charge in [0, 0.05) is 44.0 Å². The lowest BCUT2D eigenvalue weighted by atomic mass is 10.2. The summed E-state index contributed by atoms with van der Waals surface area (Å²) in [6.07, 6.45) is 2.63. The van der Waals surface area contributed by atoms with E-state index in [4.69, 9.17) is 14.2 Å². The van der Waals surface area contributed by atoms with E-state index in [0.717, 1.165) is 44.1 Å². The zero-order valence-electron chi connectivity index (χ0n) is 15.6. The van der Waals surface area contributed by atoms with Crippen LogP contribution in [-0.4, -0.2) is 50.5 Å². The van der Waals surface area contributed by atoms with Crippen molar-refractivity contribution < 1.29 is 19.0 Å². The van der Waals surface area contributed by atoms with Gasteiger partial charge in [0.25, 0.3) is 0 Å². The molecule has 0 saturated carbocycles. The highest BCUT2D eigenvalue weighted by Crippen LogP contribution is 2.32. The third-order valence-corrected chi connectivity index (χ3v) is 4.60. The Bertz CT molecular complexity index is 806. The Morgan fingerprint density at radius 1 is 1.04 bits per heavy atom. The first kappa shape index (κ1) is 18.4. The van der Waals surface area contributed by atoms with Crippen LogP contribution < -0.4 is 25.0 Å². The molecule has 2 aliphatic heterocycles. The monoisotopic (exact) mass is 384 g/mol. The molecule has 3 heterocycles. The first-order chi connectivity index (χ1) is 13.8. The number of anilines is 2. The van der Waals surface area contributed by atoms with Gasteiger partial charge in [0.1, 0.15) is 5.82 Å². The van der Waals surface area contributed by atoms with Crippen molar-refractivity contribution >= 4 is 17.5 Å². The Hall–Kier alpha value is -3.00. The van der Waals surface area contributed by atoms with Crippen molar-refractivity contribution in [3.05, 3.63) is 42.1 Å². The summed E-state index contributed by atoms with van der Waals surface area (Å²) in [5, 5.41) is 5.66. The summed E-state index contributed by atoms with van der Waals surface area (Å²) >= 11 is 0. The van der Waals surface area contributed by atoms with Crippen LogP contribution in [0.5, 0.6) is 11.5 Å². The number of aromatic nitrogens is 1. The number of rotatable bonds is 4. The van der Waals surface area contributed by atoms with Crippen LogP contribution in [0.1, 0.15) is 12.0 Å². The number of pyridine rings is 1. The maximum atomic E-state index is 12.2. The number of nitrogens with zero attached hydrogens (tertiary/aromatic N) is 2. The molecule has 1 aromatic carbocycles. The average Bonchev–Trinajstić information content (AvgIpc) is 2.98. The molecule has 8 heteroatoms. The average molecular weight is 384 g/mol. The van der Waals surface area contributed by atoms with E-state index in [9.17, 15) is 4.79 Å². The molecular formula is C20H24N4O4. The molecule has 148 valence electrons. The summed E-state index contributed by atoms with van der Waals surface area (Å²) in [6, 6.07) is 9.05. The van der Waals surface area contributed by atoms with Crippen LogP contribution in [0.25, 0.3) is 0 Å². The number of fused-ring (bicyclic) bond motifs is 1. The lowest BCUT2D eigenvalue weighted by molar-refractivity contribution is 0.122. The van der Waals surface area contributed by atoms with Gasteiger partial charge in [-0.05, 0) is 23.8 Å². The Morgan fingerprint density at radius 2 is 1.86 bits per heavy atom. The SMILES string of the molecule is O=C(NCc1ccc(N2CCOCC2)nc1)Nc1ccc2c(c1)OCCCO2. The predicted octanol–water partition coefficient (Wildman–Crippen LogP) is 2.40. The minimum absolute atomic E-state index is 0.285. The fourth-order valence-corrected chi connectivity index (χ4v) is 3.10. The quantitative estimate of drug-likeness (QED) is 0.842. The zero-order chi connectivity index (χ0) is 19.2. The molecule has 1 fully saturated rings. The minimum atomic E-state index is -0.285. The number of hydrogen-bond donors (Lipinski definition) is 2. The Balaban J connectivity index is 1.29. The van der Waals surface area contributed by atoms with Gasteiger partial charge in [0.15, 0.2) is 11.5 Å². The third kappa shape index (κ3) is 4.64. The van der Waals surface area contributed by atoms with Crippen molar-refractivity contribution in [2.24, 2.45) is 0 Å². The summed E-state index contributed by atoms with van der Waals surface area (Å²) in [4.78, 5) is 18.9. The normalized spacial score (nSPS) is 16.2. The van der Waals surface area contributed by atoms with Crippen molar-refractivity contribution in [2.75, 3.05) is 49.7 Å². The van der Waals surface area contributed by atoms with Crippen LogP contribution in [0.3, 0.4) is 0 Å². The van der Waals surface area contributed by atoms with Crippen molar-refractivity contribution in [1.82, 2.24) is 10.3 Å². The van der Waals surface area contributed by atoms with E-state index in [-0.39, 0.29) is 6.03 Å². The van der Waals surface area contributed by atoms with E-state index in [1.54, 1.807) is 18.3 Å². The van der Waals surface area contributed by atoms with Crippen molar-refractivity contribution in [3.63, 3.8) is 0 Å². The topological polar surface area (TPSA) is 85.0 Å². The number of morpholine rings is 1. The summed E-state index contributed by atoms with van der Waals surface area (Å²) < 4.78 is 16.6. The van der Waals surface area contributed by atoms with Crippen molar-refractivity contribution in [2.45, 2.75) is 13.0 Å². The number of carbonyl (C=O) groups is 1. The van der Waals surface area contributed by atoms with Gasteiger partial charge in [0.05, 0.1) is 26.4 Å². The molecule has 0 atom stereocenters. The lowest BCUT2D eigenvalue weighted by Gasteiger charge is -2.27. The lowest BCUT2D eigenvalue weighted by Crippen LogP contribution is -2.36. The maximum Gasteiger partial charge on any atom is 0.319 e. The molecule has 2 aromatic rings. The highest BCUT2D eigenvalue weighted by Gasteiger charge is 2.13. The molecule has 0 radical (unpaired) electrons. The third-order valence-electron chi connectivity index (χ3n) is 4.60. The molecule has 4 rings (SSSR count). The summed E-state index contributed by atoms with van der Waals surface area (Å²) in [6.45, 7) is 4.79. The fraction of sp³-hybridized carbons (Fsp3) is 0.400. The number of hydrogen-bond acceptors (Lipinski definition) is 6. The number of urea groups is 1. The number of nitrogens with one attached hydrogen (secondary N) is 2. The standard InChI is InChI=1S/C20H24N4O4/c25-20(23-16-3-4-17-18(12-16)28-9-1-8-27-17)22-14-15-2-5-19(21-13-15)24-6-10-26-11-7-24/h2-5,12-13H,1,6-11,14H2,(H2,22,23,25). The van der Waals surface area contributed by atoms with Crippen LogP contribution in [0.4, 0.5) is 16.3 Å². The molecule has 1 saturated heterocycles. The van der Waals surface area contributed by atoms with Gasteiger partial charge in [0.2, 0.25) is 0 Å². The predicted molar refractivity (Wildman–Crippen MR) is 105 cm³/mol. The molecule has 28 heavy (non-hydrogen) atoms. The highest BCUT2D eigenvalue weighted by atomic mass is 16.5. The van der Waals surface area contributed by atoms with Crippen LogP contribution in [0.15, 0.2) is 36.5 Å². The minimum Gasteiger partial charge on any atom is -0.490 e. The van der Waals surface area contributed by atoms with Gasteiger partial charge in [-0.2, -0.15) is 0 Å². The van der Waals surface area contributed by atoms with E-state index >= 15 is 0 Å². The second kappa shape index (κ2) is 8.79.